The van der Waals surface area contributed by atoms with Crippen LogP contribution in [0, 0.1) is 5.41 Å². The summed E-state index contributed by atoms with van der Waals surface area (Å²) in [4.78, 5) is 11.1. The van der Waals surface area contributed by atoms with Gasteiger partial charge >= 0.3 is 0 Å². The first-order chi connectivity index (χ1) is 5.36. The van der Waals surface area contributed by atoms with Crippen LogP contribution in [0.3, 0.4) is 0 Å². The molecule has 0 aromatic carbocycles. The summed E-state index contributed by atoms with van der Waals surface area (Å²) in [5.41, 5.74) is 10.6. The first-order valence-electron chi connectivity index (χ1n) is 4.45. The number of nitrogens with two attached hydrogens (primary N) is 2. The van der Waals surface area contributed by atoms with Crippen molar-refractivity contribution in [3.63, 3.8) is 0 Å². The van der Waals surface area contributed by atoms with Crippen molar-refractivity contribution in [2.24, 2.45) is 16.9 Å². The molecule has 1 aliphatic rings. The lowest BCUT2D eigenvalue weighted by Crippen LogP contribution is -2.56. The number of carbonyl (C=O) groups excluding carboxylic acids is 1. The van der Waals surface area contributed by atoms with Gasteiger partial charge in [-0.15, -0.1) is 0 Å². The molecule has 3 heteroatoms. The third-order valence-electron chi connectivity index (χ3n) is 2.76. The first kappa shape index (κ1) is 9.52. The fraction of sp³-hybridized carbons (Fsp3) is 0.889. The van der Waals surface area contributed by atoms with Crippen molar-refractivity contribution in [2.45, 2.75) is 45.1 Å². The van der Waals surface area contributed by atoms with Crippen molar-refractivity contribution in [1.29, 1.82) is 0 Å². The largest absolute Gasteiger partial charge is 0.368 e. The van der Waals surface area contributed by atoms with E-state index >= 15 is 0 Å². The molecule has 0 radical (unpaired) electrons. The van der Waals surface area contributed by atoms with Gasteiger partial charge in [0.1, 0.15) is 0 Å². The van der Waals surface area contributed by atoms with E-state index in [0.717, 1.165) is 25.7 Å². The molecule has 3 nitrogen and oxygen atoms in total. The number of primary amides is 1. The van der Waals surface area contributed by atoms with E-state index in [1.165, 1.54) is 0 Å². The summed E-state index contributed by atoms with van der Waals surface area (Å²) in [7, 11) is 0. The van der Waals surface area contributed by atoms with Gasteiger partial charge in [-0.05, 0) is 24.7 Å². The van der Waals surface area contributed by atoms with Gasteiger partial charge in [0.2, 0.25) is 5.91 Å². The van der Waals surface area contributed by atoms with E-state index in [4.69, 9.17) is 11.5 Å². The molecule has 1 saturated carbocycles. The number of amides is 1. The predicted octanol–water partition coefficient (Wildman–Crippen LogP) is 0.769. The predicted molar refractivity (Wildman–Crippen MR) is 48.4 cm³/mol. The maximum atomic E-state index is 11.1. The average molecular weight is 170 g/mol. The molecule has 1 rings (SSSR count). The Morgan fingerprint density at radius 2 is 1.92 bits per heavy atom. The van der Waals surface area contributed by atoms with E-state index in [0.29, 0.717) is 0 Å². The molecule has 4 N–H and O–H groups in total. The van der Waals surface area contributed by atoms with Gasteiger partial charge in [0.05, 0.1) is 5.54 Å². The van der Waals surface area contributed by atoms with Gasteiger partial charge < -0.3 is 11.5 Å². The van der Waals surface area contributed by atoms with Crippen molar-refractivity contribution in [3.8, 4) is 0 Å². The van der Waals surface area contributed by atoms with E-state index in [2.05, 4.69) is 13.8 Å². The minimum Gasteiger partial charge on any atom is -0.368 e. The highest BCUT2D eigenvalue weighted by molar-refractivity contribution is 5.84. The Balaban J connectivity index is 2.74. The first-order valence-corrected chi connectivity index (χ1v) is 4.45. The van der Waals surface area contributed by atoms with Crippen LogP contribution in [0.15, 0.2) is 0 Å². The Labute approximate surface area is 73.5 Å². The van der Waals surface area contributed by atoms with Gasteiger partial charge in [-0.1, -0.05) is 20.3 Å². The molecule has 0 aliphatic heterocycles. The lowest BCUT2D eigenvalue weighted by Gasteiger charge is -2.40. The SMILES string of the molecule is CC1(C)CCCC(N)(C(N)=O)C1. The van der Waals surface area contributed by atoms with Crippen molar-refractivity contribution in [3.05, 3.63) is 0 Å². The monoisotopic (exact) mass is 170 g/mol. The lowest BCUT2D eigenvalue weighted by molar-refractivity contribution is -0.125. The van der Waals surface area contributed by atoms with Crippen molar-refractivity contribution in [2.75, 3.05) is 0 Å². The fourth-order valence-corrected chi connectivity index (χ4v) is 2.12. The van der Waals surface area contributed by atoms with Gasteiger partial charge in [-0.2, -0.15) is 0 Å². The molecular weight excluding hydrogens is 152 g/mol. The summed E-state index contributed by atoms with van der Waals surface area (Å²) in [6, 6.07) is 0. The Bertz CT molecular complexity index is 201. The molecule has 1 amide bonds. The summed E-state index contributed by atoms with van der Waals surface area (Å²) in [5, 5.41) is 0. The standard InChI is InChI=1S/C9H18N2O/c1-8(2)4-3-5-9(11,6-8)7(10)12/h3-6,11H2,1-2H3,(H2,10,12). The molecule has 70 valence electrons. The van der Waals surface area contributed by atoms with Gasteiger partial charge in [-0.25, -0.2) is 0 Å². The van der Waals surface area contributed by atoms with Crippen molar-refractivity contribution in [1.82, 2.24) is 0 Å². The molecule has 0 saturated heterocycles. The fourth-order valence-electron chi connectivity index (χ4n) is 2.12. The zero-order valence-corrected chi connectivity index (χ0v) is 7.89. The van der Waals surface area contributed by atoms with Crippen LogP contribution in [0.4, 0.5) is 0 Å². The minimum atomic E-state index is -0.748. The topological polar surface area (TPSA) is 69.1 Å². The van der Waals surface area contributed by atoms with E-state index < -0.39 is 5.54 Å². The minimum absolute atomic E-state index is 0.169. The van der Waals surface area contributed by atoms with Crippen LogP contribution in [-0.2, 0) is 4.79 Å². The molecule has 0 spiro atoms. The van der Waals surface area contributed by atoms with Gasteiger partial charge in [-0.3, -0.25) is 4.79 Å². The molecule has 12 heavy (non-hydrogen) atoms. The molecule has 0 aromatic rings. The summed E-state index contributed by atoms with van der Waals surface area (Å²) >= 11 is 0. The maximum absolute atomic E-state index is 11.1. The molecule has 1 unspecified atom stereocenters. The highest BCUT2D eigenvalue weighted by Crippen LogP contribution is 2.39. The van der Waals surface area contributed by atoms with Crippen LogP contribution < -0.4 is 11.5 Å². The number of rotatable bonds is 1. The zero-order valence-electron chi connectivity index (χ0n) is 7.89. The van der Waals surface area contributed by atoms with Crippen LogP contribution in [0.2, 0.25) is 0 Å². The van der Waals surface area contributed by atoms with Gasteiger partial charge in [0.25, 0.3) is 0 Å². The lowest BCUT2D eigenvalue weighted by atomic mass is 9.68. The Kier molecular flexibility index (Phi) is 2.17. The molecule has 1 atom stereocenters. The van der Waals surface area contributed by atoms with Crippen molar-refractivity contribution < 1.29 is 4.79 Å². The van der Waals surface area contributed by atoms with E-state index in [1.54, 1.807) is 0 Å². The molecular formula is C9H18N2O. The molecule has 1 aliphatic carbocycles. The number of carbonyl (C=O) groups is 1. The van der Waals surface area contributed by atoms with E-state index in [-0.39, 0.29) is 11.3 Å². The summed E-state index contributed by atoms with van der Waals surface area (Å²) < 4.78 is 0. The van der Waals surface area contributed by atoms with E-state index in [1.807, 2.05) is 0 Å². The van der Waals surface area contributed by atoms with Crippen molar-refractivity contribution >= 4 is 5.91 Å². The molecule has 1 fully saturated rings. The zero-order chi connectivity index (χ0) is 9.41. The van der Waals surface area contributed by atoms with Gasteiger partial charge in [0, 0.05) is 0 Å². The molecule has 0 heterocycles. The summed E-state index contributed by atoms with van der Waals surface area (Å²) in [6.07, 6.45) is 3.60. The summed E-state index contributed by atoms with van der Waals surface area (Å²) in [6.45, 7) is 4.27. The Hall–Kier alpha value is -0.570. The highest BCUT2D eigenvalue weighted by Gasteiger charge is 2.41. The smallest absolute Gasteiger partial charge is 0.237 e. The highest BCUT2D eigenvalue weighted by atomic mass is 16.1. The molecule has 0 aromatic heterocycles. The Morgan fingerprint density at radius 1 is 1.33 bits per heavy atom. The molecule has 0 bridgehead atoms. The van der Waals surface area contributed by atoms with E-state index in [9.17, 15) is 4.79 Å². The van der Waals surface area contributed by atoms with Crippen LogP contribution in [-0.4, -0.2) is 11.4 Å². The van der Waals surface area contributed by atoms with Crippen LogP contribution in [0.25, 0.3) is 0 Å². The van der Waals surface area contributed by atoms with Crippen LogP contribution in [0.5, 0.6) is 0 Å². The second kappa shape index (κ2) is 2.73. The summed E-state index contributed by atoms with van der Waals surface area (Å²) in [5.74, 6) is -0.352. The number of hydrogen-bond acceptors (Lipinski definition) is 2. The van der Waals surface area contributed by atoms with Crippen LogP contribution >= 0.6 is 0 Å². The Morgan fingerprint density at radius 3 is 2.25 bits per heavy atom. The second-order valence-electron chi connectivity index (χ2n) is 4.71. The average Bonchev–Trinajstić information content (AvgIpc) is 1.83. The van der Waals surface area contributed by atoms with Gasteiger partial charge in [0.15, 0.2) is 0 Å². The maximum Gasteiger partial charge on any atom is 0.237 e. The second-order valence-corrected chi connectivity index (χ2v) is 4.71. The quantitative estimate of drug-likeness (QED) is 0.610. The van der Waals surface area contributed by atoms with Crippen LogP contribution in [0.1, 0.15) is 39.5 Å². The number of hydrogen-bond donors (Lipinski definition) is 2. The normalized spacial score (nSPS) is 34.6. The third kappa shape index (κ3) is 1.78. The third-order valence-corrected chi connectivity index (χ3v) is 2.76.